The molecular formula is C44H67N5O9S. The molecule has 2 heterocycles. The Bertz CT molecular complexity index is 1710. The van der Waals surface area contributed by atoms with E-state index in [-0.39, 0.29) is 42.4 Å². The van der Waals surface area contributed by atoms with Gasteiger partial charge in [-0.1, -0.05) is 71.4 Å². The van der Waals surface area contributed by atoms with Gasteiger partial charge in [0.25, 0.3) is 5.91 Å². The molecule has 0 spiro atoms. The first-order valence-corrected chi connectivity index (χ1v) is 21.8. The number of benzene rings is 1. The number of ether oxygens (including phenoxy) is 3. The third-order valence-corrected chi connectivity index (χ3v) is 11.5. The second kappa shape index (κ2) is 22.7. The lowest BCUT2D eigenvalue weighted by molar-refractivity contribution is -0.149. The lowest BCUT2D eigenvalue weighted by atomic mass is 9.92. The Morgan fingerprint density at radius 3 is 2.25 bits per heavy atom. The van der Waals surface area contributed by atoms with E-state index in [1.54, 1.807) is 51.9 Å². The van der Waals surface area contributed by atoms with Crippen molar-refractivity contribution < 1.29 is 43.0 Å². The first-order chi connectivity index (χ1) is 27.8. The number of carbonyl (C=O) groups excluding carboxylic acids is 6. The van der Waals surface area contributed by atoms with Crippen molar-refractivity contribution in [3.8, 4) is 0 Å². The number of carbonyl (C=O) groups is 6. The van der Waals surface area contributed by atoms with Gasteiger partial charge in [0, 0.05) is 44.4 Å². The van der Waals surface area contributed by atoms with Crippen LogP contribution in [0, 0.1) is 17.8 Å². The molecule has 1 aromatic heterocycles. The number of aromatic nitrogens is 1. The molecule has 1 aliphatic rings. The highest BCUT2D eigenvalue weighted by Crippen LogP contribution is 2.31. The summed E-state index contributed by atoms with van der Waals surface area (Å²) >= 11 is 1.18. The summed E-state index contributed by atoms with van der Waals surface area (Å²) in [5.41, 5.74) is 0.400. The third kappa shape index (κ3) is 14.9. The fraction of sp³-hybridized carbons (Fsp3) is 0.659. The summed E-state index contributed by atoms with van der Waals surface area (Å²) in [5, 5.41) is 8.05. The molecule has 0 bridgehead atoms. The Morgan fingerprint density at radius 2 is 1.66 bits per heavy atom. The van der Waals surface area contributed by atoms with Crippen molar-refractivity contribution in [2.24, 2.45) is 17.8 Å². The molecule has 0 aliphatic carbocycles. The predicted octanol–water partition coefficient (Wildman–Crippen LogP) is 6.87. The quantitative estimate of drug-likeness (QED) is 0.112. The number of piperidine rings is 1. The van der Waals surface area contributed by atoms with Crippen molar-refractivity contribution in [1.29, 1.82) is 0 Å². The zero-order chi connectivity index (χ0) is 44.0. The van der Waals surface area contributed by atoms with E-state index in [1.807, 2.05) is 58.0 Å². The van der Waals surface area contributed by atoms with Gasteiger partial charge in [0.15, 0.2) is 6.10 Å². The van der Waals surface area contributed by atoms with E-state index in [4.69, 9.17) is 14.2 Å². The predicted molar refractivity (Wildman–Crippen MR) is 226 cm³/mol. The number of hydrogen-bond acceptors (Lipinski definition) is 11. The summed E-state index contributed by atoms with van der Waals surface area (Å²) < 4.78 is 16.6. The zero-order valence-electron chi connectivity index (χ0n) is 36.9. The van der Waals surface area contributed by atoms with Gasteiger partial charge in [-0.05, 0) is 77.2 Å². The SMILES string of the molecule is CCOC(=O)[C@@H](C)C[C@H](Cc1ccccc1)NC(=O)c1csc([C@@H](C[C@H](C(C)C)N(C)C(=O)[C@@H](NC(=O)[C@H]2CCCCN2C(=O)OC(C)(C)C)[C@@H](C)CC)OC(C)=O)n1. The number of hydrogen-bond donors (Lipinski definition) is 2. The maximum absolute atomic E-state index is 14.4. The van der Waals surface area contributed by atoms with Gasteiger partial charge in [-0.2, -0.15) is 0 Å². The number of likely N-dealkylation sites (tertiary alicyclic amines) is 1. The molecule has 15 heteroatoms. The summed E-state index contributed by atoms with van der Waals surface area (Å²) in [6.07, 6.45) is 2.13. The van der Waals surface area contributed by atoms with Gasteiger partial charge in [0.1, 0.15) is 28.4 Å². The van der Waals surface area contributed by atoms with E-state index < -0.39 is 65.7 Å². The van der Waals surface area contributed by atoms with E-state index in [2.05, 4.69) is 15.6 Å². The Morgan fingerprint density at radius 1 is 0.983 bits per heavy atom. The Hall–Kier alpha value is -4.53. The number of nitrogens with one attached hydrogen (secondary N) is 2. The first-order valence-electron chi connectivity index (χ1n) is 21.0. The fourth-order valence-corrected chi connectivity index (χ4v) is 8.09. The first kappa shape index (κ1) is 48.8. The Kier molecular flexibility index (Phi) is 18.8. The van der Waals surface area contributed by atoms with Crippen LogP contribution in [0.1, 0.15) is 135 Å². The van der Waals surface area contributed by atoms with Crippen molar-refractivity contribution in [3.05, 3.63) is 52.0 Å². The van der Waals surface area contributed by atoms with Crippen molar-refractivity contribution >= 4 is 47.1 Å². The highest BCUT2D eigenvalue weighted by molar-refractivity contribution is 7.09. The molecule has 0 unspecified atom stereocenters. The average molecular weight is 842 g/mol. The minimum absolute atomic E-state index is 0.112. The van der Waals surface area contributed by atoms with Crippen LogP contribution in [-0.4, -0.2) is 101 Å². The molecule has 3 rings (SSSR count). The lowest BCUT2D eigenvalue weighted by Gasteiger charge is -2.39. The van der Waals surface area contributed by atoms with Crippen LogP contribution >= 0.6 is 11.3 Å². The minimum atomic E-state index is -0.890. The molecule has 14 nitrogen and oxygen atoms in total. The molecule has 328 valence electrons. The number of likely N-dealkylation sites (N-methyl/N-ethyl adjacent to an activating group) is 1. The van der Waals surface area contributed by atoms with E-state index in [1.165, 1.54) is 23.2 Å². The van der Waals surface area contributed by atoms with Crippen LogP contribution in [-0.2, 0) is 39.8 Å². The minimum Gasteiger partial charge on any atom is -0.466 e. The smallest absolute Gasteiger partial charge is 0.410 e. The summed E-state index contributed by atoms with van der Waals surface area (Å²) in [7, 11) is 1.68. The van der Waals surface area contributed by atoms with Crippen LogP contribution in [0.2, 0.25) is 0 Å². The monoisotopic (exact) mass is 841 g/mol. The molecule has 2 N–H and O–H groups in total. The normalized spacial score (nSPS) is 17.4. The van der Waals surface area contributed by atoms with Gasteiger partial charge in [0.05, 0.1) is 12.5 Å². The molecule has 7 atom stereocenters. The Balaban J connectivity index is 1.83. The second-order valence-electron chi connectivity index (χ2n) is 17.0. The molecular weight excluding hydrogens is 775 g/mol. The molecule has 59 heavy (non-hydrogen) atoms. The second-order valence-corrected chi connectivity index (χ2v) is 17.9. The summed E-state index contributed by atoms with van der Waals surface area (Å²) in [4.78, 5) is 87.8. The summed E-state index contributed by atoms with van der Waals surface area (Å²) in [6.45, 7) is 18.6. The number of rotatable bonds is 19. The fourth-order valence-electron chi connectivity index (χ4n) is 7.25. The maximum atomic E-state index is 14.4. The average Bonchev–Trinajstić information content (AvgIpc) is 3.68. The molecule has 1 fully saturated rings. The largest absolute Gasteiger partial charge is 0.466 e. The standard InChI is InChI=1S/C44H67N5O9S/c1-12-28(5)37(47-39(52)34-21-17-18-22-49(34)43(55)58-44(8,9)10)41(53)48(11)35(27(3)4)25-36(57-30(7)50)40-46-33(26-59-40)38(51)45-32(23-29(6)42(54)56-13-2)24-31-19-15-14-16-20-31/h14-16,19-20,26-29,32,34-37H,12-13,17-18,21-25H2,1-11H3,(H,45,51)(H,47,52)/t28-,29-,32+,34+,35+,36+,37-/m0/s1. The maximum Gasteiger partial charge on any atom is 0.410 e. The van der Waals surface area contributed by atoms with E-state index in [0.29, 0.717) is 37.2 Å². The van der Waals surface area contributed by atoms with Gasteiger partial charge >= 0.3 is 18.0 Å². The molecule has 1 saturated heterocycles. The topological polar surface area (TPSA) is 174 Å². The van der Waals surface area contributed by atoms with Crippen molar-refractivity contribution in [2.45, 2.75) is 150 Å². The van der Waals surface area contributed by atoms with Gasteiger partial charge in [0.2, 0.25) is 11.8 Å². The molecule has 4 amide bonds. The Labute approximate surface area is 354 Å². The van der Waals surface area contributed by atoms with Crippen LogP contribution in [0.3, 0.4) is 0 Å². The van der Waals surface area contributed by atoms with Gasteiger partial charge < -0.3 is 29.7 Å². The third-order valence-electron chi connectivity index (χ3n) is 10.6. The highest BCUT2D eigenvalue weighted by Gasteiger charge is 2.40. The number of nitrogens with zero attached hydrogens (tertiary/aromatic N) is 3. The van der Waals surface area contributed by atoms with Gasteiger partial charge in [-0.3, -0.25) is 28.9 Å². The van der Waals surface area contributed by atoms with Crippen molar-refractivity contribution in [3.63, 3.8) is 0 Å². The van der Waals surface area contributed by atoms with E-state index in [9.17, 15) is 28.8 Å². The van der Waals surface area contributed by atoms with Crippen LogP contribution < -0.4 is 10.6 Å². The molecule has 2 aromatic rings. The summed E-state index contributed by atoms with van der Waals surface area (Å²) in [6, 6.07) is 7.13. The van der Waals surface area contributed by atoms with Crippen LogP contribution in [0.4, 0.5) is 4.79 Å². The highest BCUT2D eigenvalue weighted by atomic mass is 32.1. The molecule has 0 radical (unpaired) electrons. The summed E-state index contributed by atoms with van der Waals surface area (Å²) in [5.74, 6) is -2.85. The van der Waals surface area contributed by atoms with Crippen LogP contribution in [0.15, 0.2) is 35.7 Å². The van der Waals surface area contributed by atoms with E-state index >= 15 is 0 Å². The van der Waals surface area contributed by atoms with Crippen molar-refractivity contribution in [2.75, 3.05) is 20.2 Å². The van der Waals surface area contributed by atoms with Gasteiger partial charge in [-0.25, -0.2) is 9.78 Å². The molecule has 1 aliphatic heterocycles. The van der Waals surface area contributed by atoms with Gasteiger partial charge in [-0.15, -0.1) is 11.3 Å². The zero-order valence-corrected chi connectivity index (χ0v) is 37.7. The van der Waals surface area contributed by atoms with Crippen molar-refractivity contribution in [1.82, 2.24) is 25.4 Å². The van der Waals surface area contributed by atoms with Crippen LogP contribution in [0.25, 0.3) is 0 Å². The van der Waals surface area contributed by atoms with Crippen LogP contribution in [0.5, 0.6) is 0 Å². The number of amides is 4. The number of esters is 2. The van der Waals surface area contributed by atoms with E-state index in [0.717, 1.165) is 18.4 Å². The number of thiazole rings is 1. The lowest BCUT2D eigenvalue weighted by Crippen LogP contribution is -2.59. The molecule has 0 saturated carbocycles. The molecule has 1 aromatic carbocycles.